The fraction of sp³-hybridized carbons (Fsp3) is 0.471. The van der Waals surface area contributed by atoms with Crippen LogP contribution in [0.3, 0.4) is 0 Å². The number of pyridine rings is 1. The van der Waals surface area contributed by atoms with Crippen molar-refractivity contribution < 1.29 is 4.74 Å². The fourth-order valence-corrected chi connectivity index (χ4v) is 2.43. The van der Waals surface area contributed by atoms with E-state index in [2.05, 4.69) is 43.2 Å². The number of ether oxygens (including phenoxy) is 1. The Hall–Kier alpha value is -1.61. The average Bonchev–Trinajstić information content (AvgIpc) is 2.48. The van der Waals surface area contributed by atoms with E-state index in [1.54, 1.807) is 0 Å². The number of nitrogens with one attached hydrogen (secondary N) is 1. The Kier molecular flexibility index (Phi) is 5.36. The van der Waals surface area contributed by atoms with Gasteiger partial charge in [0.15, 0.2) is 0 Å². The first-order chi connectivity index (χ1) is 9.76. The Morgan fingerprint density at radius 2 is 2.00 bits per heavy atom. The zero-order valence-corrected chi connectivity index (χ0v) is 12.6. The molecule has 3 heteroatoms. The first kappa shape index (κ1) is 14.8. The molecule has 0 saturated heterocycles. The summed E-state index contributed by atoms with van der Waals surface area (Å²) in [6, 6.07) is 10.5. The maximum absolute atomic E-state index is 6.15. The van der Waals surface area contributed by atoms with E-state index in [0.29, 0.717) is 6.04 Å². The highest BCUT2D eigenvalue weighted by Crippen LogP contribution is 2.24. The van der Waals surface area contributed by atoms with Crippen LogP contribution in [0.5, 0.6) is 5.75 Å². The normalized spacial score (nSPS) is 14.2. The summed E-state index contributed by atoms with van der Waals surface area (Å²) in [5.41, 5.74) is 0.937. The first-order valence-corrected chi connectivity index (χ1v) is 7.50. The SMILES string of the molecule is CCCNC(CC)C(C)Oc1cccc2cccnc12. The maximum atomic E-state index is 6.15. The van der Waals surface area contributed by atoms with Crippen LogP contribution in [-0.4, -0.2) is 23.7 Å². The standard InChI is InChI=1S/C17H24N2O/c1-4-11-18-15(5-2)13(3)20-16-10-6-8-14-9-7-12-19-17(14)16/h6-10,12-13,15,18H,4-5,11H2,1-3H3. The lowest BCUT2D eigenvalue weighted by molar-refractivity contribution is 0.169. The summed E-state index contributed by atoms with van der Waals surface area (Å²) in [6.45, 7) is 7.52. The van der Waals surface area contributed by atoms with Gasteiger partial charge in [0, 0.05) is 17.6 Å². The van der Waals surface area contributed by atoms with Crippen LogP contribution in [0.1, 0.15) is 33.6 Å². The largest absolute Gasteiger partial charge is 0.487 e. The molecule has 2 rings (SSSR count). The molecule has 0 aliphatic rings. The maximum Gasteiger partial charge on any atom is 0.146 e. The highest BCUT2D eigenvalue weighted by Gasteiger charge is 2.17. The van der Waals surface area contributed by atoms with Crippen LogP contribution in [0.25, 0.3) is 10.9 Å². The molecule has 2 unspecified atom stereocenters. The van der Waals surface area contributed by atoms with Gasteiger partial charge >= 0.3 is 0 Å². The number of aromatic nitrogens is 1. The van der Waals surface area contributed by atoms with E-state index < -0.39 is 0 Å². The van der Waals surface area contributed by atoms with Crippen molar-refractivity contribution in [1.29, 1.82) is 0 Å². The lowest BCUT2D eigenvalue weighted by Gasteiger charge is -2.25. The molecule has 0 spiro atoms. The number of hydrogen-bond donors (Lipinski definition) is 1. The van der Waals surface area contributed by atoms with E-state index >= 15 is 0 Å². The molecule has 0 saturated carbocycles. The van der Waals surface area contributed by atoms with Gasteiger partial charge in [-0.1, -0.05) is 32.0 Å². The van der Waals surface area contributed by atoms with Crippen LogP contribution in [-0.2, 0) is 0 Å². The molecule has 108 valence electrons. The number of para-hydroxylation sites is 1. The molecule has 20 heavy (non-hydrogen) atoms. The Balaban J connectivity index is 2.14. The molecule has 1 aromatic carbocycles. The number of rotatable bonds is 7. The minimum absolute atomic E-state index is 0.124. The van der Waals surface area contributed by atoms with Crippen molar-refractivity contribution in [3.05, 3.63) is 36.5 Å². The molecule has 0 aliphatic heterocycles. The summed E-state index contributed by atoms with van der Waals surface area (Å²) in [6.07, 6.45) is 4.13. The Morgan fingerprint density at radius 1 is 1.20 bits per heavy atom. The topological polar surface area (TPSA) is 34.1 Å². The zero-order chi connectivity index (χ0) is 14.4. The van der Waals surface area contributed by atoms with E-state index in [4.69, 9.17) is 4.74 Å². The fourth-order valence-electron chi connectivity index (χ4n) is 2.43. The molecule has 0 aliphatic carbocycles. The third-order valence-electron chi connectivity index (χ3n) is 3.57. The molecular formula is C17H24N2O. The minimum atomic E-state index is 0.124. The van der Waals surface area contributed by atoms with Gasteiger partial charge in [0.2, 0.25) is 0 Å². The second kappa shape index (κ2) is 7.25. The quantitative estimate of drug-likeness (QED) is 0.833. The van der Waals surface area contributed by atoms with Crippen LogP contribution in [0.2, 0.25) is 0 Å². The smallest absolute Gasteiger partial charge is 0.146 e. The lowest BCUT2D eigenvalue weighted by atomic mass is 10.1. The predicted molar refractivity (Wildman–Crippen MR) is 84.2 cm³/mol. The van der Waals surface area contributed by atoms with Gasteiger partial charge in [-0.3, -0.25) is 4.98 Å². The zero-order valence-electron chi connectivity index (χ0n) is 12.6. The van der Waals surface area contributed by atoms with E-state index in [9.17, 15) is 0 Å². The molecule has 1 N–H and O–H groups in total. The molecule has 2 atom stereocenters. The summed E-state index contributed by atoms with van der Waals surface area (Å²) >= 11 is 0. The van der Waals surface area contributed by atoms with E-state index in [0.717, 1.165) is 36.0 Å². The van der Waals surface area contributed by atoms with Gasteiger partial charge < -0.3 is 10.1 Å². The lowest BCUT2D eigenvalue weighted by Crippen LogP contribution is -2.41. The van der Waals surface area contributed by atoms with Crippen molar-refractivity contribution in [2.24, 2.45) is 0 Å². The number of hydrogen-bond acceptors (Lipinski definition) is 3. The van der Waals surface area contributed by atoms with E-state index in [1.165, 1.54) is 0 Å². The van der Waals surface area contributed by atoms with Crippen molar-refractivity contribution in [2.45, 2.75) is 45.8 Å². The van der Waals surface area contributed by atoms with Crippen molar-refractivity contribution in [3.63, 3.8) is 0 Å². The van der Waals surface area contributed by atoms with E-state index in [1.807, 2.05) is 24.4 Å². The summed E-state index contributed by atoms with van der Waals surface area (Å²) in [7, 11) is 0. The van der Waals surface area contributed by atoms with Crippen molar-refractivity contribution >= 4 is 10.9 Å². The summed E-state index contributed by atoms with van der Waals surface area (Å²) in [5, 5.41) is 4.66. The van der Waals surface area contributed by atoms with Gasteiger partial charge in [0.05, 0.1) is 0 Å². The second-order valence-electron chi connectivity index (χ2n) is 5.12. The molecule has 0 amide bonds. The Morgan fingerprint density at radius 3 is 2.75 bits per heavy atom. The van der Waals surface area contributed by atoms with Gasteiger partial charge in [0.1, 0.15) is 17.4 Å². The molecule has 0 bridgehead atoms. The van der Waals surface area contributed by atoms with Crippen LogP contribution in [0.15, 0.2) is 36.5 Å². The highest BCUT2D eigenvalue weighted by molar-refractivity contribution is 5.84. The number of benzene rings is 1. The van der Waals surface area contributed by atoms with Crippen LogP contribution in [0, 0.1) is 0 Å². The van der Waals surface area contributed by atoms with Crippen molar-refractivity contribution in [2.75, 3.05) is 6.54 Å². The van der Waals surface area contributed by atoms with Crippen LogP contribution in [0.4, 0.5) is 0 Å². The minimum Gasteiger partial charge on any atom is -0.487 e. The molecule has 0 fully saturated rings. The monoisotopic (exact) mass is 272 g/mol. The van der Waals surface area contributed by atoms with E-state index in [-0.39, 0.29) is 6.10 Å². The summed E-state index contributed by atoms with van der Waals surface area (Å²) in [5.74, 6) is 0.868. The Bertz CT molecular complexity index is 536. The molecule has 1 aromatic heterocycles. The van der Waals surface area contributed by atoms with Crippen molar-refractivity contribution in [3.8, 4) is 5.75 Å². The first-order valence-electron chi connectivity index (χ1n) is 7.50. The third-order valence-corrected chi connectivity index (χ3v) is 3.57. The Labute approximate surface area is 121 Å². The highest BCUT2D eigenvalue weighted by atomic mass is 16.5. The van der Waals surface area contributed by atoms with Gasteiger partial charge in [-0.2, -0.15) is 0 Å². The van der Waals surface area contributed by atoms with Gasteiger partial charge in [-0.25, -0.2) is 0 Å². The number of nitrogens with zero attached hydrogens (tertiary/aromatic N) is 1. The van der Waals surface area contributed by atoms with Crippen LogP contribution >= 0.6 is 0 Å². The molecular weight excluding hydrogens is 248 g/mol. The average molecular weight is 272 g/mol. The van der Waals surface area contributed by atoms with Gasteiger partial charge in [-0.05, 0) is 38.4 Å². The van der Waals surface area contributed by atoms with Gasteiger partial charge in [0.25, 0.3) is 0 Å². The molecule has 3 nitrogen and oxygen atoms in total. The van der Waals surface area contributed by atoms with Crippen molar-refractivity contribution in [1.82, 2.24) is 10.3 Å². The summed E-state index contributed by atoms with van der Waals surface area (Å²) < 4.78 is 6.15. The molecule has 1 heterocycles. The predicted octanol–water partition coefficient (Wildman–Crippen LogP) is 3.78. The van der Waals surface area contributed by atoms with Crippen LogP contribution < -0.4 is 10.1 Å². The molecule has 0 radical (unpaired) electrons. The number of fused-ring (bicyclic) bond motifs is 1. The van der Waals surface area contributed by atoms with Gasteiger partial charge in [-0.15, -0.1) is 0 Å². The second-order valence-corrected chi connectivity index (χ2v) is 5.12. The molecule has 2 aromatic rings. The summed E-state index contributed by atoms with van der Waals surface area (Å²) in [4.78, 5) is 4.44. The third kappa shape index (κ3) is 3.48.